The summed E-state index contributed by atoms with van der Waals surface area (Å²) in [6.07, 6.45) is 2.29. The van der Waals surface area contributed by atoms with Gasteiger partial charge in [0.2, 0.25) is 5.91 Å². The minimum Gasteiger partial charge on any atom is -0.481 e. The van der Waals surface area contributed by atoms with E-state index in [1.54, 1.807) is 0 Å². The Morgan fingerprint density at radius 2 is 1.81 bits per heavy atom. The van der Waals surface area contributed by atoms with Gasteiger partial charge in [0.25, 0.3) is 0 Å². The highest BCUT2D eigenvalue weighted by molar-refractivity contribution is 5.80. The predicted molar refractivity (Wildman–Crippen MR) is 77.8 cm³/mol. The second-order valence-electron chi connectivity index (χ2n) is 6.00. The third kappa shape index (κ3) is 5.61. The summed E-state index contributed by atoms with van der Waals surface area (Å²) in [6.45, 7) is 4.99. The normalized spacial score (nSPS) is 16.0. The van der Waals surface area contributed by atoms with E-state index in [1.807, 2.05) is 13.8 Å². The first kappa shape index (κ1) is 17.3. The fourth-order valence-corrected chi connectivity index (χ4v) is 2.08. The Labute approximate surface area is 124 Å². The molecule has 0 aromatic carbocycles. The van der Waals surface area contributed by atoms with E-state index >= 15 is 0 Å². The Morgan fingerprint density at radius 3 is 2.29 bits per heavy atom. The minimum absolute atomic E-state index is 0.106. The van der Waals surface area contributed by atoms with Gasteiger partial charge in [-0.1, -0.05) is 20.3 Å². The molecule has 21 heavy (non-hydrogen) atoms. The number of amides is 3. The van der Waals surface area contributed by atoms with E-state index in [0.717, 1.165) is 6.42 Å². The zero-order valence-electron chi connectivity index (χ0n) is 12.7. The van der Waals surface area contributed by atoms with Gasteiger partial charge in [-0.15, -0.1) is 0 Å². The summed E-state index contributed by atoms with van der Waals surface area (Å²) in [4.78, 5) is 34.1. The molecule has 4 N–H and O–H groups in total. The number of rotatable bonds is 8. The van der Waals surface area contributed by atoms with Crippen molar-refractivity contribution in [1.82, 2.24) is 16.0 Å². The fraction of sp³-hybridized carbons (Fsp3) is 0.786. The second-order valence-corrected chi connectivity index (χ2v) is 6.00. The van der Waals surface area contributed by atoms with Gasteiger partial charge in [-0.25, -0.2) is 4.79 Å². The maximum absolute atomic E-state index is 11.6. The zero-order valence-corrected chi connectivity index (χ0v) is 12.7. The molecule has 0 unspecified atom stereocenters. The number of hydrogen-bond donors (Lipinski definition) is 4. The number of nitrogens with one attached hydrogen (secondary N) is 3. The summed E-state index contributed by atoms with van der Waals surface area (Å²) < 4.78 is 0. The molecule has 1 saturated carbocycles. The molecule has 7 heteroatoms. The van der Waals surface area contributed by atoms with E-state index in [-0.39, 0.29) is 25.4 Å². The molecule has 1 aliphatic carbocycles. The molecule has 1 aliphatic rings. The summed E-state index contributed by atoms with van der Waals surface area (Å²) in [5, 5.41) is 17.0. The van der Waals surface area contributed by atoms with Crippen LogP contribution in [-0.2, 0) is 9.59 Å². The molecule has 0 aromatic heterocycles. The van der Waals surface area contributed by atoms with E-state index in [9.17, 15) is 14.4 Å². The van der Waals surface area contributed by atoms with Crippen LogP contribution in [0, 0.1) is 11.3 Å². The molecule has 7 nitrogen and oxygen atoms in total. The lowest BCUT2D eigenvalue weighted by Gasteiger charge is -2.37. The third-order valence-corrected chi connectivity index (χ3v) is 3.70. The van der Waals surface area contributed by atoms with Gasteiger partial charge in [0.1, 0.15) is 0 Å². The molecule has 1 rings (SSSR count). The summed E-state index contributed by atoms with van der Waals surface area (Å²) in [6, 6.07) is -0.431. The van der Waals surface area contributed by atoms with Crippen molar-refractivity contribution in [2.24, 2.45) is 11.3 Å². The standard InChI is InChI=1S/C14H25N3O4/c1-10(2)8-16-11(18)4-7-15-13(21)17-9-14(12(19)20)5-3-6-14/h10H,3-9H2,1-2H3,(H,16,18)(H,19,20)(H2,15,17,21). The SMILES string of the molecule is CC(C)CNC(=O)CCNC(=O)NCC1(C(=O)O)CCC1. The number of carboxylic acids is 1. The van der Waals surface area contributed by atoms with E-state index in [1.165, 1.54) is 0 Å². The van der Waals surface area contributed by atoms with Crippen LogP contribution in [0.4, 0.5) is 4.79 Å². The van der Waals surface area contributed by atoms with Crippen molar-refractivity contribution < 1.29 is 19.5 Å². The number of aliphatic carboxylic acids is 1. The summed E-state index contributed by atoms with van der Waals surface area (Å²) in [7, 11) is 0. The highest BCUT2D eigenvalue weighted by Crippen LogP contribution is 2.40. The van der Waals surface area contributed by atoms with Crippen LogP contribution in [0.25, 0.3) is 0 Å². The highest BCUT2D eigenvalue weighted by Gasteiger charge is 2.44. The lowest BCUT2D eigenvalue weighted by atomic mass is 9.69. The van der Waals surface area contributed by atoms with Crippen molar-refractivity contribution in [2.45, 2.75) is 39.5 Å². The number of hydrogen-bond acceptors (Lipinski definition) is 3. The van der Waals surface area contributed by atoms with Crippen molar-refractivity contribution in [3.8, 4) is 0 Å². The van der Waals surface area contributed by atoms with Crippen molar-refractivity contribution in [3.63, 3.8) is 0 Å². The van der Waals surface area contributed by atoms with Gasteiger partial charge in [0.15, 0.2) is 0 Å². The van der Waals surface area contributed by atoms with E-state index < -0.39 is 17.4 Å². The van der Waals surface area contributed by atoms with Crippen LogP contribution in [0.1, 0.15) is 39.5 Å². The maximum Gasteiger partial charge on any atom is 0.314 e. The average molecular weight is 299 g/mol. The molecule has 0 atom stereocenters. The van der Waals surface area contributed by atoms with Crippen LogP contribution in [0.15, 0.2) is 0 Å². The van der Waals surface area contributed by atoms with E-state index in [4.69, 9.17) is 5.11 Å². The van der Waals surface area contributed by atoms with Gasteiger partial charge in [-0.05, 0) is 18.8 Å². The largest absolute Gasteiger partial charge is 0.481 e. The third-order valence-electron chi connectivity index (χ3n) is 3.70. The molecule has 1 fully saturated rings. The first-order valence-electron chi connectivity index (χ1n) is 7.37. The summed E-state index contributed by atoms with van der Waals surface area (Å²) in [5.41, 5.74) is -0.800. The Balaban J connectivity index is 2.14. The molecule has 0 aromatic rings. The second kappa shape index (κ2) is 7.85. The Hall–Kier alpha value is -1.79. The van der Waals surface area contributed by atoms with Gasteiger partial charge in [-0.2, -0.15) is 0 Å². The molecule has 0 spiro atoms. The van der Waals surface area contributed by atoms with Crippen molar-refractivity contribution in [1.29, 1.82) is 0 Å². The Kier molecular flexibility index (Phi) is 6.45. The fourth-order valence-electron chi connectivity index (χ4n) is 2.08. The zero-order chi connectivity index (χ0) is 15.9. The molecule has 0 bridgehead atoms. The molecule has 120 valence electrons. The minimum atomic E-state index is -0.859. The van der Waals surface area contributed by atoms with Gasteiger partial charge in [0, 0.05) is 26.1 Å². The molecule has 0 aliphatic heterocycles. The molecular weight excluding hydrogens is 274 g/mol. The Bertz CT molecular complexity index is 392. The van der Waals surface area contributed by atoms with Crippen LogP contribution in [0.3, 0.4) is 0 Å². The van der Waals surface area contributed by atoms with Gasteiger partial charge < -0.3 is 21.1 Å². The van der Waals surface area contributed by atoms with E-state index in [0.29, 0.717) is 25.3 Å². The number of carbonyl (C=O) groups is 3. The van der Waals surface area contributed by atoms with Crippen molar-refractivity contribution in [3.05, 3.63) is 0 Å². The molecular formula is C14H25N3O4. The van der Waals surface area contributed by atoms with Gasteiger partial charge in [0.05, 0.1) is 5.41 Å². The summed E-state index contributed by atoms with van der Waals surface area (Å²) in [5.74, 6) is -0.577. The molecule has 0 heterocycles. The van der Waals surface area contributed by atoms with Crippen LogP contribution in [0.5, 0.6) is 0 Å². The average Bonchev–Trinajstić information content (AvgIpc) is 2.34. The van der Waals surface area contributed by atoms with E-state index in [2.05, 4.69) is 16.0 Å². The highest BCUT2D eigenvalue weighted by atomic mass is 16.4. The molecule has 3 amide bonds. The number of carbonyl (C=O) groups excluding carboxylic acids is 2. The van der Waals surface area contributed by atoms with Crippen LogP contribution < -0.4 is 16.0 Å². The van der Waals surface area contributed by atoms with Gasteiger partial charge >= 0.3 is 12.0 Å². The van der Waals surface area contributed by atoms with Gasteiger partial charge in [-0.3, -0.25) is 9.59 Å². The number of carboxylic acid groups (broad SMARTS) is 1. The topological polar surface area (TPSA) is 108 Å². The lowest BCUT2D eigenvalue weighted by molar-refractivity contribution is -0.153. The lowest BCUT2D eigenvalue weighted by Crippen LogP contribution is -2.50. The molecule has 0 saturated heterocycles. The predicted octanol–water partition coefficient (Wildman–Crippen LogP) is 0.703. The maximum atomic E-state index is 11.6. The Morgan fingerprint density at radius 1 is 1.14 bits per heavy atom. The van der Waals surface area contributed by atoms with Crippen LogP contribution in [-0.4, -0.2) is 42.6 Å². The summed E-state index contributed by atoms with van der Waals surface area (Å²) >= 11 is 0. The number of urea groups is 1. The smallest absolute Gasteiger partial charge is 0.314 e. The monoisotopic (exact) mass is 299 g/mol. The quantitative estimate of drug-likeness (QED) is 0.529. The van der Waals surface area contributed by atoms with Crippen LogP contribution in [0.2, 0.25) is 0 Å². The van der Waals surface area contributed by atoms with Crippen molar-refractivity contribution in [2.75, 3.05) is 19.6 Å². The van der Waals surface area contributed by atoms with Crippen molar-refractivity contribution >= 4 is 17.9 Å². The van der Waals surface area contributed by atoms with Crippen LogP contribution >= 0.6 is 0 Å². The first-order chi connectivity index (χ1) is 9.85. The first-order valence-corrected chi connectivity index (χ1v) is 7.37. The molecule has 0 radical (unpaired) electrons.